The molecule has 37 heavy (non-hydrogen) atoms. The Morgan fingerprint density at radius 3 is 1.43 bits per heavy atom. The molecule has 0 fully saturated rings. The SMILES string of the molecule is CC(C)=C(O[Si](C)(C)C)N(C)C.CCOC(=O)CC(=O)C(C)(C)C(=O)N(C)C.CCOC(=O)CC(=O)Cl. The molecule has 0 bridgehead atoms. The Kier molecular flexibility index (Phi) is 19.9. The lowest BCUT2D eigenvalue weighted by molar-refractivity contribution is -0.151. The lowest BCUT2D eigenvalue weighted by Gasteiger charge is -2.27. The summed E-state index contributed by atoms with van der Waals surface area (Å²) in [5.41, 5.74) is 0.0541. The molecule has 0 spiro atoms. The minimum atomic E-state index is -1.45. The quantitative estimate of drug-likeness (QED) is 0.120. The summed E-state index contributed by atoms with van der Waals surface area (Å²) in [6.45, 7) is 17.6. The molecule has 0 aliphatic heterocycles. The number of carbonyl (C=O) groups excluding carboxylic acids is 5. The molecule has 216 valence electrons. The number of esters is 2. The van der Waals surface area contributed by atoms with Crippen LogP contribution in [0.15, 0.2) is 11.5 Å². The van der Waals surface area contributed by atoms with Gasteiger partial charge in [-0.05, 0) is 78.4 Å². The van der Waals surface area contributed by atoms with E-state index in [1.807, 2.05) is 19.0 Å². The third-order valence-corrected chi connectivity index (χ3v) is 5.01. The summed E-state index contributed by atoms with van der Waals surface area (Å²) < 4.78 is 15.0. The zero-order valence-corrected chi connectivity index (χ0v) is 26.6. The topological polar surface area (TPSA) is 120 Å². The van der Waals surface area contributed by atoms with E-state index in [1.165, 1.54) is 24.3 Å². The number of carbonyl (C=O) groups is 5. The van der Waals surface area contributed by atoms with E-state index in [4.69, 9.17) is 16.0 Å². The second kappa shape index (κ2) is 18.8. The summed E-state index contributed by atoms with van der Waals surface area (Å²) >= 11 is 4.87. The molecule has 0 heterocycles. The number of halogens is 1. The molecule has 1 amide bonds. The van der Waals surface area contributed by atoms with Crippen LogP contribution in [0.1, 0.15) is 54.4 Å². The second-order valence-electron chi connectivity index (χ2n) is 9.98. The molecular weight excluding hydrogens is 520 g/mol. The van der Waals surface area contributed by atoms with Gasteiger partial charge in [0.1, 0.15) is 18.3 Å². The highest BCUT2D eigenvalue weighted by Crippen LogP contribution is 2.21. The van der Waals surface area contributed by atoms with Crippen LogP contribution in [0.25, 0.3) is 0 Å². The summed E-state index contributed by atoms with van der Waals surface area (Å²) in [7, 11) is 5.73. The Hall–Kier alpha value is -2.40. The highest BCUT2D eigenvalue weighted by molar-refractivity contribution is 6.70. The Bertz CT molecular complexity index is 799. The van der Waals surface area contributed by atoms with Gasteiger partial charge < -0.3 is 23.7 Å². The summed E-state index contributed by atoms with van der Waals surface area (Å²) in [6, 6.07) is 0. The minimum Gasteiger partial charge on any atom is -0.533 e. The maximum Gasteiger partial charge on any atom is 0.314 e. The van der Waals surface area contributed by atoms with E-state index in [0.717, 1.165) is 5.88 Å². The predicted octanol–water partition coefficient (Wildman–Crippen LogP) is 3.98. The van der Waals surface area contributed by atoms with Crippen LogP contribution in [0.3, 0.4) is 0 Å². The Morgan fingerprint density at radius 2 is 1.19 bits per heavy atom. The fraction of sp³-hybridized carbons (Fsp3) is 0.720. The van der Waals surface area contributed by atoms with Gasteiger partial charge in [-0.2, -0.15) is 0 Å². The van der Waals surface area contributed by atoms with Gasteiger partial charge in [0, 0.05) is 28.2 Å². The Labute approximate surface area is 228 Å². The fourth-order valence-electron chi connectivity index (χ4n) is 2.50. The van der Waals surface area contributed by atoms with Gasteiger partial charge in [-0.1, -0.05) is 0 Å². The molecule has 0 aromatic rings. The van der Waals surface area contributed by atoms with Crippen LogP contribution in [0.5, 0.6) is 0 Å². The molecule has 0 saturated heterocycles. The number of Topliss-reactive ketones (excluding diaryl/α,β-unsaturated/α-hetero) is 1. The minimum absolute atomic E-state index is 0.230. The highest BCUT2D eigenvalue weighted by atomic mass is 35.5. The van der Waals surface area contributed by atoms with Crippen LogP contribution in [0.2, 0.25) is 19.6 Å². The molecule has 12 heteroatoms. The van der Waals surface area contributed by atoms with E-state index in [0.29, 0.717) is 0 Å². The lowest BCUT2D eigenvalue weighted by Crippen LogP contribution is -2.42. The first kappa shape index (κ1) is 39.1. The third kappa shape index (κ3) is 20.4. The first-order valence-electron chi connectivity index (χ1n) is 11.9. The summed E-state index contributed by atoms with van der Waals surface area (Å²) in [5, 5.41) is -0.687. The molecule has 0 aromatic heterocycles. The van der Waals surface area contributed by atoms with E-state index in [9.17, 15) is 24.0 Å². The van der Waals surface area contributed by atoms with Crippen LogP contribution in [-0.2, 0) is 37.9 Å². The first-order chi connectivity index (χ1) is 16.6. The van der Waals surface area contributed by atoms with Crippen molar-refractivity contribution in [2.24, 2.45) is 5.41 Å². The van der Waals surface area contributed by atoms with Gasteiger partial charge in [-0.15, -0.1) is 0 Å². The van der Waals surface area contributed by atoms with Crippen molar-refractivity contribution in [1.29, 1.82) is 0 Å². The summed E-state index contributed by atoms with van der Waals surface area (Å²) in [5.74, 6) is -0.884. The second-order valence-corrected chi connectivity index (χ2v) is 14.8. The molecule has 0 radical (unpaired) electrons. The van der Waals surface area contributed by atoms with Crippen molar-refractivity contribution in [1.82, 2.24) is 9.80 Å². The van der Waals surface area contributed by atoms with Crippen LogP contribution in [-0.4, -0.2) is 88.4 Å². The zero-order chi connectivity index (χ0) is 30.1. The predicted molar refractivity (Wildman–Crippen MR) is 147 cm³/mol. The highest BCUT2D eigenvalue weighted by Gasteiger charge is 2.37. The maximum atomic E-state index is 11.7. The van der Waals surface area contributed by atoms with Crippen LogP contribution in [0.4, 0.5) is 0 Å². The van der Waals surface area contributed by atoms with E-state index < -0.39 is 36.7 Å². The van der Waals surface area contributed by atoms with Crippen molar-refractivity contribution in [2.75, 3.05) is 41.4 Å². The van der Waals surface area contributed by atoms with Gasteiger partial charge in [0.2, 0.25) is 19.5 Å². The number of hydrogen-bond donors (Lipinski definition) is 0. The van der Waals surface area contributed by atoms with Gasteiger partial charge in [0.25, 0.3) is 0 Å². The van der Waals surface area contributed by atoms with Gasteiger partial charge in [-0.3, -0.25) is 24.0 Å². The monoisotopic (exact) mass is 566 g/mol. The first-order valence-corrected chi connectivity index (χ1v) is 15.7. The number of ketones is 1. The summed E-state index contributed by atoms with van der Waals surface area (Å²) in [6.07, 6.45) is -0.699. The van der Waals surface area contributed by atoms with Crippen molar-refractivity contribution >= 4 is 48.8 Å². The normalized spacial score (nSPS) is 10.3. The largest absolute Gasteiger partial charge is 0.533 e. The molecule has 0 rings (SSSR count). The standard InChI is InChI=1S/C11H19NO4.C9H21NOSi.C5H7ClO3/c1-6-16-9(14)7-8(13)11(2,3)10(15)12(4)5;1-8(2)9(10(3)4)11-12(5,6)7;1-2-9-5(8)3-4(6)7/h6-7H2,1-5H3;1-7H3;2-3H2,1H3. The summed E-state index contributed by atoms with van der Waals surface area (Å²) in [4.78, 5) is 58.3. The molecule has 0 unspecified atom stereocenters. The van der Waals surface area contributed by atoms with Gasteiger partial charge >= 0.3 is 11.9 Å². The van der Waals surface area contributed by atoms with Crippen LogP contribution < -0.4 is 0 Å². The molecule has 0 aliphatic carbocycles. The van der Waals surface area contributed by atoms with Gasteiger partial charge in [0.15, 0.2) is 11.7 Å². The van der Waals surface area contributed by atoms with Crippen LogP contribution in [0, 0.1) is 5.41 Å². The zero-order valence-electron chi connectivity index (χ0n) is 24.9. The number of ether oxygens (including phenoxy) is 2. The number of amides is 1. The number of rotatable bonds is 11. The average molecular weight is 567 g/mol. The Balaban J connectivity index is -0.000000490. The fourth-order valence-corrected chi connectivity index (χ4v) is 3.57. The third-order valence-electron chi connectivity index (χ3n) is 4.07. The van der Waals surface area contributed by atoms with Gasteiger partial charge in [0.05, 0.1) is 13.2 Å². The molecule has 10 nitrogen and oxygen atoms in total. The molecule has 0 N–H and O–H groups in total. The van der Waals surface area contributed by atoms with Crippen molar-refractivity contribution in [3.05, 3.63) is 11.5 Å². The molecule has 0 saturated carbocycles. The number of nitrogens with zero attached hydrogens (tertiary/aromatic N) is 2. The smallest absolute Gasteiger partial charge is 0.314 e. The van der Waals surface area contributed by atoms with Crippen LogP contribution >= 0.6 is 11.6 Å². The maximum absolute atomic E-state index is 11.7. The molecule has 0 atom stereocenters. The van der Waals surface area contributed by atoms with E-state index in [-0.39, 0.29) is 32.0 Å². The van der Waals surface area contributed by atoms with E-state index >= 15 is 0 Å². The lowest BCUT2D eigenvalue weighted by atomic mass is 9.85. The van der Waals surface area contributed by atoms with Crippen molar-refractivity contribution in [2.45, 2.75) is 74.0 Å². The Morgan fingerprint density at radius 1 is 0.784 bits per heavy atom. The molecule has 0 aliphatic rings. The van der Waals surface area contributed by atoms with E-state index in [2.05, 4.69) is 43.0 Å². The number of hydrogen-bond acceptors (Lipinski definition) is 9. The van der Waals surface area contributed by atoms with E-state index in [1.54, 1.807) is 27.9 Å². The molecule has 0 aromatic carbocycles. The van der Waals surface area contributed by atoms with Crippen molar-refractivity contribution in [3.8, 4) is 0 Å². The van der Waals surface area contributed by atoms with Crippen molar-refractivity contribution < 1.29 is 37.9 Å². The molecular formula is C25H47ClN2O8Si. The number of allylic oxidation sites excluding steroid dienone is 1. The average Bonchev–Trinajstić information content (AvgIpc) is 2.71. The van der Waals surface area contributed by atoms with Gasteiger partial charge in [-0.25, -0.2) is 0 Å². The van der Waals surface area contributed by atoms with Crippen molar-refractivity contribution in [3.63, 3.8) is 0 Å².